The summed E-state index contributed by atoms with van der Waals surface area (Å²) in [6, 6.07) is 3.21. The summed E-state index contributed by atoms with van der Waals surface area (Å²) in [5.74, 6) is -0.672. The minimum atomic E-state index is -0.567. The standard InChI is InChI=1S/C18H20N2O3/c1-5-6-12(19)7-8-15-11(2)13-9-14(18(22)23-4)17(21)10-16(13)20(15)3/h5-10,21H,1,19H2,2-4H3/b8-7+,12-6+. The van der Waals surface area contributed by atoms with Gasteiger partial charge in [0.05, 0.1) is 12.6 Å². The molecule has 1 heterocycles. The molecule has 0 aliphatic heterocycles. The molecule has 0 radical (unpaired) electrons. The number of rotatable bonds is 4. The summed E-state index contributed by atoms with van der Waals surface area (Å²) in [5.41, 5.74) is 9.29. The van der Waals surface area contributed by atoms with Crippen LogP contribution in [-0.2, 0) is 11.8 Å². The molecule has 0 aliphatic rings. The number of carbonyl (C=O) groups is 1. The van der Waals surface area contributed by atoms with Crippen molar-refractivity contribution in [3.8, 4) is 5.75 Å². The molecule has 3 N–H and O–H groups in total. The molecule has 0 bridgehead atoms. The number of nitrogens with two attached hydrogens (primary N) is 1. The van der Waals surface area contributed by atoms with Crippen molar-refractivity contribution in [2.24, 2.45) is 12.8 Å². The van der Waals surface area contributed by atoms with Gasteiger partial charge in [-0.15, -0.1) is 0 Å². The van der Waals surface area contributed by atoms with Crippen molar-refractivity contribution in [2.75, 3.05) is 7.11 Å². The molecule has 0 saturated carbocycles. The zero-order valence-electron chi connectivity index (χ0n) is 13.5. The van der Waals surface area contributed by atoms with Crippen LogP contribution in [0.2, 0.25) is 0 Å². The van der Waals surface area contributed by atoms with E-state index in [1.54, 1.807) is 30.4 Å². The fourth-order valence-electron chi connectivity index (χ4n) is 2.55. The smallest absolute Gasteiger partial charge is 0.341 e. The summed E-state index contributed by atoms with van der Waals surface area (Å²) >= 11 is 0. The number of hydrogen-bond acceptors (Lipinski definition) is 4. The van der Waals surface area contributed by atoms with Crippen LogP contribution in [0.15, 0.2) is 42.6 Å². The first-order valence-electron chi connectivity index (χ1n) is 7.07. The van der Waals surface area contributed by atoms with Crippen LogP contribution >= 0.6 is 0 Å². The third kappa shape index (κ3) is 2.99. The number of ether oxygens (including phenoxy) is 1. The van der Waals surface area contributed by atoms with Crippen LogP contribution in [0, 0.1) is 6.92 Å². The van der Waals surface area contributed by atoms with Crippen LogP contribution in [0.4, 0.5) is 0 Å². The Balaban J connectivity index is 2.63. The quantitative estimate of drug-likeness (QED) is 0.672. The maximum Gasteiger partial charge on any atom is 0.341 e. The van der Waals surface area contributed by atoms with Gasteiger partial charge in [-0.3, -0.25) is 0 Å². The SMILES string of the molecule is C=C/C=C(N)\C=C\c1c(C)c2cc(C(=O)OC)c(O)cc2n1C. The van der Waals surface area contributed by atoms with Crippen molar-refractivity contribution in [3.63, 3.8) is 0 Å². The number of benzene rings is 1. The van der Waals surface area contributed by atoms with Crippen molar-refractivity contribution >= 4 is 22.9 Å². The van der Waals surface area contributed by atoms with Crippen molar-refractivity contribution in [3.05, 3.63) is 59.5 Å². The number of carbonyl (C=O) groups excluding carboxylic acids is 1. The van der Waals surface area contributed by atoms with E-state index in [1.165, 1.54) is 7.11 Å². The summed E-state index contributed by atoms with van der Waals surface area (Å²) in [7, 11) is 3.17. The summed E-state index contributed by atoms with van der Waals surface area (Å²) < 4.78 is 6.63. The van der Waals surface area contributed by atoms with Crippen molar-refractivity contribution in [2.45, 2.75) is 6.92 Å². The van der Waals surface area contributed by atoms with Crippen LogP contribution < -0.4 is 5.73 Å². The Kier molecular flexibility index (Phi) is 4.60. The molecule has 5 heteroatoms. The number of esters is 1. The number of phenols is 1. The second-order valence-electron chi connectivity index (χ2n) is 5.18. The zero-order valence-corrected chi connectivity index (χ0v) is 13.5. The Bertz CT molecular complexity index is 842. The fourth-order valence-corrected chi connectivity index (χ4v) is 2.55. The molecule has 0 saturated heterocycles. The number of allylic oxidation sites excluding steroid dienone is 3. The van der Waals surface area contributed by atoms with Crippen LogP contribution in [0.25, 0.3) is 17.0 Å². The first-order chi connectivity index (χ1) is 10.9. The molecular formula is C18H20N2O3. The van der Waals surface area contributed by atoms with Gasteiger partial charge in [0.15, 0.2) is 0 Å². The molecule has 0 amide bonds. The van der Waals surface area contributed by atoms with Crippen LogP contribution in [0.3, 0.4) is 0 Å². The van der Waals surface area contributed by atoms with E-state index in [1.807, 2.05) is 24.6 Å². The number of nitrogens with zero attached hydrogens (tertiary/aromatic N) is 1. The third-order valence-electron chi connectivity index (χ3n) is 3.77. The molecule has 2 aromatic rings. The van der Waals surface area contributed by atoms with E-state index in [2.05, 4.69) is 6.58 Å². The average Bonchev–Trinajstić information content (AvgIpc) is 2.75. The summed E-state index contributed by atoms with van der Waals surface area (Å²) in [6.45, 7) is 5.55. The third-order valence-corrected chi connectivity index (χ3v) is 3.77. The van der Waals surface area contributed by atoms with E-state index < -0.39 is 5.97 Å². The van der Waals surface area contributed by atoms with Gasteiger partial charge in [-0.05, 0) is 36.8 Å². The van der Waals surface area contributed by atoms with E-state index in [0.717, 1.165) is 22.2 Å². The molecule has 1 aromatic heterocycles. The summed E-state index contributed by atoms with van der Waals surface area (Å²) in [4.78, 5) is 11.7. The first kappa shape index (κ1) is 16.4. The average molecular weight is 312 g/mol. The minimum Gasteiger partial charge on any atom is -0.507 e. The van der Waals surface area contributed by atoms with Crippen LogP contribution in [0.1, 0.15) is 21.6 Å². The van der Waals surface area contributed by atoms with Crippen molar-refractivity contribution in [1.82, 2.24) is 4.57 Å². The highest BCUT2D eigenvalue weighted by Crippen LogP contribution is 2.31. The Morgan fingerprint density at radius 2 is 2.13 bits per heavy atom. The number of aryl methyl sites for hydroxylation is 2. The van der Waals surface area contributed by atoms with E-state index in [-0.39, 0.29) is 11.3 Å². The van der Waals surface area contributed by atoms with Gasteiger partial charge in [0.25, 0.3) is 0 Å². The Labute approximate surface area is 135 Å². The highest BCUT2D eigenvalue weighted by Gasteiger charge is 2.17. The lowest BCUT2D eigenvalue weighted by Crippen LogP contribution is -2.01. The largest absolute Gasteiger partial charge is 0.507 e. The molecule has 0 aliphatic carbocycles. The molecule has 1 aromatic carbocycles. The highest BCUT2D eigenvalue weighted by molar-refractivity contribution is 5.99. The molecule has 5 nitrogen and oxygen atoms in total. The van der Waals surface area contributed by atoms with Crippen LogP contribution in [0.5, 0.6) is 5.75 Å². The number of aromatic hydroxyl groups is 1. The molecule has 120 valence electrons. The molecule has 2 rings (SSSR count). The maximum atomic E-state index is 11.7. The Morgan fingerprint density at radius 1 is 1.43 bits per heavy atom. The van der Waals surface area contributed by atoms with Crippen molar-refractivity contribution in [1.29, 1.82) is 0 Å². The first-order valence-corrected chi connectivity index (χ1v) is 7.07. The monoisotopic (exact) mass is 312 g/mol. The molecule has 0 spiro atoms. The van der Waals surface area contributed by atoms with Gasteiger partial charge in [0, 0.05) is 29.9 Å². The predicted molar refractivity (Wildman–Crippen MR) is 92.2 cm³/mol. The summed E-state index contributed by atoms with van der Waals surface area (Å²) in [6.07, 6.45) is 6.99. The number of methoxy groups -OCH3 is 1. The molecule has 0 unspecified atom stereocenters. The van der Waals surface area contributed by atoms with E-state index in [0.29, 0.717) is 5.70 Å². The lowest BCUT2D eigenvalue weighted by atomic mass is 10.1. The predicted octanol–water partition coefficient (Wildman–Crippen LogP) is 3.02. The minimum absolute atomic E-state index is 0.105. The molecule has 0 fully saturated rings. The Morgan fingerprint density at radius 3 is 2.74 bits per heavy atom. The highest BCUT2D eigenvalue weighted by atomic mass is 16.5. The van der Waals surface area contributed by atoms with Gasteiger partial charge in [-0.1, -0.05) is 12.7 Å². The molecule has 0 atom stereocenters. The van der Waals surface area contributed by atoms with Crippen molar-refractivity contribution < 1.29 is 14.6 Å². The molecule has 23 heavy (non-hydrogen) atoms. The topological polar surface area (TPSA) is 77.5 Å². The van der Waals surface area contributed by atoms with Gasteiger partial charge in [-0.2, -0.15) is 0 Å². The number of fused-ring (bicyclic) bond motifs is 1. The lowest BCUT2D eigenvalue weighted by Gasteiger charge is -2.04. The number of phenolic OH excluding ortho intramolecular Hbond substituents is 1. The number of hydrogen-bond donors (Lipinski definition) is 2. The molecular weight excluding hydrogens is 292 g/mol. The van der Waals surface area contributed by atoms with E-state index in [4.69, 9.17) is 10.5 Å². The summed E-state index contributed by atoms with van der Waals surface area (Å²) in [5, 5.41) is 10.9. The zero-order chi connectivity index (χ0) is 17.1. The van der Waals surface area contributed by atoms with Gasteiger partial charge < -0.3 is 20.1 Å². The second kappa shape index (κ2) is 6.44. The maximum absolute atomic E-state index is 11.7. The van der Waals surface area contributed by atoms with E-state index in [9.17, 15) is 9.90 Å². The van der Waals surface area contributed by atoms with E-state index >= 15 is 0 Å². The number of aromatic nitrogens is 1. The second-order valence-corrected chi connectivity index (χ2v) is 5.18. The van der Waals surface area contributed by atoms with Gasteiger partial charge in [0.1, 0.15) is 11.3 Å². The van der Waals surface area contributed by atoms with Crippen LogP contribution in [-0.4, -0.2) is 22.8 Å². The Hall–Kier alpha value is -2.95. The fraction of sp³-hybridized carbons (Fsp3) is 0.167. The van der Waals surface area contributed by atoms with Gasteiger partial charge in [0.2, 0.25) is 0 Å². The van der Waals surface area contributed by atoms with Gasteiger partial charge in [-0.25, -0.2) is 4.79 Å². The lowest BCUT2D eigenvalue weighted by molar-refractivity contribution is 0.0597. The van der Waals surface area contributed by atoms with Gasteiger partial charge >= 0.3 is 5.97 Å². The normalized spacial score (nSPS) is 12.0.